The van der Waals surface area contributed by atoms with Crippen LogP contribution in [0, 0.1) is 11.8 Å². The van der Waals surface area contributed by atoms with Crippen LogP contribution in [0.4, 0.5) is 0 Å². The number of nitrogens with one attached hydrogen (secondary N) is 1. The Hall–Kier alpha value is -1.51. The van der Waals surface area contributed by atoms with Crippen LogP contribution in [-0.4, -0.2) is 41.2 Å². The molecule has 1 heterocycles. The van der Waals surface area contributed by atoms with Gasteiger partial charge in [-0.15, -0.1) is 0 Å². The van der Waals surface area contributed by atoms with E-state index in [-0.39, 0.29) is 12.5 Å². The topological polar surface area (TPSA) is 62.2 Å². The van der Waals surface area contributed by atoms with E-state index in [0.717, 1.165) is 11.3 Å². The highest BCUT2D eigenvalue weighted by Crippen LogP contribution is 1.99. The molecule has 0 bridgehead atoms. The molecule has 2 N–H and O–H groups in total. The zero-order chi connectivity index (χ0) is 13.2. The summed E-state index contributed by atoms with van der Waals surface area (Å²) < 4.78 is 0. The third kappa shape index (κ3) is 5.21. The Bertz CT molecular complexity index is 435. The monoisotopic (exact) mass is 264 g/mol. The Morgan fingerprint density at radius 2 is 2.39 bits per heavy atom. The van der Waals surface area contributed by atoms with Crippen molar-refractivity contribution in [3.63, 3.8) is 0 Å². The molecule has 5 heteroatoms. The lowest BCUT2D eigenvalue weighted by molar-refractivity contribution is 0.0951. The van der Waals surface area contributed by atoms with Crippen molar-refractivity contribution >= 4 is 17.7 Å². The highest BCUT2D eigenvalue weighted by atomic mass is 32.2. The van der Waals surface area contributed by atoms with Crippen molar-refractivity contribution in [2.24, 2.45) is 0 Å². The number of amides is 1. The summed E-state index contributed by atoms with van der Waals surface area (Å²) in [4.78, 5) is 15.7. The fraction of sp³-hybridized carbons (Fsp3) is 0.385. The molecule has 0 aromatic carbocycles. The van der Waals surface area contributed by atoms with E-state index in [0.29, 0.717) is 18.7 Å². The largest absolute Gasteiger partial charge is 0.395 e. The van der Waals surface area contributed by atoms with Crippen LogP contribution in [0.15, 0.2) is 18.3 Å². The molecule has 0 spiro atoms. The van der Waals surface area contributed by atoms with Crippen LogP contribution < -0.4 is 5.32 Å². The molecule has 1 amide bonds. The second-order valence-corrected chi connectivity index (χ2v) is 4.44. The highest BCUT2D eigenvalue weighted by molar-refractivity contribution is 7.98. The smallest absolute Gasteiger partial charge is 0.269 e. The van der Waals surface area contributed by atoms with E-state index in [4.69, 9.17) is 5.11 Å². The van der Waals surface area contributed by atoms with Crippen LogP contribution in [0.5, 0.6) is 0 Å². The molecule has 4 nitrogen and oxygen atoms in total. The quantitative estimate of drug-likeness (QED) is 0.613. The van der Waals surface area contributed by atoms with E-state index in [2.05, 4.69) is 22.1 Å². The van der Waals surface area contributed by atoms with E-state index < -0.39 is 0 Å². The maximum Gasteiger partial charge on any atom is 0.269 e. The number of nitrogens with zero attached hydrogens (tertiary/aromatic N) is 1. The molecule has 96 valence electrons. The van der Waals surface area contributed by atoms with Gasteiger partial charge in [0, 0.05) is 30.5 Å². The maximum atomic E-state index is 11.6. The number of rotatable bonds is 5. The van der Waals surface area contributed by atoms with Crippen molar-refractivity contribution in [1.82, 2.24) is 10.3 Å². The molecule has 0 aliphatic rings. The standard InChI is InChI=1S/C13H16N2O2S/c1-18-9-7-14-13(17)12-6-5-11(10-15-12)4-2-3-8-16/h5-6,10,16H,3,7-9H2,1H3,(H,14,17). The summed E-state index contributed by atoms with van der Waals surface area (Å²) in [5, 5.41) is 11.4. The van der Waals surface area contributed by atoms with Crippen molar-refractivity contribution in [3.05, 3.63) is 29.6 Å². The van der Waals surface area contributed by atoms with Gasteiger partial charge in [0.2, 0.25) is 0 Å². The molecule has 0 radical (unpaired) electrons. The second-order valence-electron chi connectivity index (χ2n) is 3.46. The molecule has 0 fully saturated rings. The van der Waals surface area contributed by atoms with Crippen LogP contribution in [0.25, 0.3) is 0 Å². The SMILES string of the molecule is CSCCNC(=O)c1ccc(C#CCCO)cn1. The second kappa shape index (κ2) is 8.56. The van der Waals surface area contributed by atoms with E-state index >= 15 is 0 Å². The predicted molar refractivity (Wildman–Crippen MR) is 73.5 cm³/mol. The van der Waals surface area contributed by atoms with Gasteiger partial charge in [-0.2, -0.15) is 11.8 Å². The van der Waals surface area contributed by atoms with Gasteiger partial charge >= 0.3 is 0 Å². The summed E-state index contributed by atoms with van der Waals surface area (Å²) in [6.07, 6.45) is 4.00. The van der Waals surface area contributed by atoms with Crippen molar-refractivity contribution in [1.29, 1.82) is 0 Å². The van der Waals surface area contributed by atoms with Crippen molar-refractivity contribution in [2.75, 3.05) is 25.2 Å². The summed E-state index contributed by atoms with van der Waals surface area (Å²) >= 11 is 1.68. The minimum atomic E-state index is -0.168. The predicted octanol–water partition coefficient (Wildman–Crippen LogP) is 0.908. The molecular weight excluding hydrogens is 248 g/mol. The van der Waals surface area contributed by atoms with Gasteiger partial charge in [0.15, 0.2) is 0 Å². The molecule has 18 heavy (non-hydrogen) atoms. The molecule has 0 saturated heterocycles. The lowest BCUT2D eigenvalue weighted by atomic mass is 10.2. The number of thioether (sulfide) groups is 1. The molecule has 0 saturated carbocycles. The summed E-state index contributed by atoms with van der Waals surface area (Å²) in [5.74, 6) is 6.37. The average Bonchev–Trinajstić information content (AvgIpc) is 2.40. The van der Waals surface area contributed by atoms with Crippen LogP contribution >= 0.6 is 11.8 Å². The fourth-order valence-electron chi connectivity index (χ4n) is 1.18. The van der Waals surface area contributed by atoms with Gasteiger partial charge in [0.1, 0.15) is 5.69 Å². The minimum absolute atomic E-state index is 0.0519. The summed E-state index contributed by atoms with van der Waals surface area (Å²) in [5.41, 5.74) is 1.13. The van der Waals surface area contributed by atoms with E-state index in [9.17, 15) is 4.79 Å². The average molecular weight is 264 g/mol. The summed E-state index contributed by atoms with van der Waals surface area (Å²) in [6.45, 7) is 0.691. The van der Waals surface area contributed by atoms with Gasteiger partial charge in [-0.05, 0) is 18.4 Å². The molecule has 0 atom stereocenters. The number of aromatic nitrogens is 1. The van der Waals surface area contributed by atoms with Crippen molar-refractivity contribution in [2.45, 2.75) is 6.42 Å². The Morgan fingerprint density at radius 1 is 1.56 bits per heavy atom. The van der Waals surface area contributed by atoms with Gasteiger partial charge in [-0.3, -0.25) is 4.79 Å². The number of aliphatic hydroxyl groups excluding tert-OH is 1. The molecule has 0 aliphatic heterocycles. The highest BCUT2D eigenvalue weighted by Gasteiger charge is 2.05. The van der Waals surface area contributed by atoms with E-state index in [1.54, 1.807) is 30.1 Å². The van der Waals surface area contributed by atoms with E-state index in [1.165, 1.54) is 0 Å². The fourth-order valence-corrected chi connectivity index (χ4v) is 1.49. The number of pyridine rings is 1. The van der Waals surface area contributed by atoms with Gasteiger partial charge in [-0.25, -0.2) is 4.98 Å². The van der Waals surface area contributed by atoms with Crippen LogP contribution in [0.1, 0.15) is 22.5 Å². The van der Waals surface area contributed by atoms with Gasteiger partial charge < -0.3 is 10.4 Å². The van der Waals surface area contributed by atoms with Crippen molar-refractivity contribution in [3.8, 4) is 11.8 Å². The number of hydrogen-bond donors (Lipinski definition) is 2. The maximum absolute atomic E-state index is 11.6. The first-order chi connectivity index (χ1) is 8.77. The summed E-state index contributed by atoms with van der Waals surface area (Å²) in [6, 6.07) is 3.40. The van der Waals surface area contributed by atoms with Gasteiger partial charge in [0.25, 0.3) is 5.91 Å². The number of aliphatic hydroxyl groups is 1. The summed E-state index contributed by atoms with van der Waals surface area (Å²) in [7, 11) is 0. The number of carbonyl (C=O) groups is 1. The molecule has 1 aromatic heterocycles. The lowest BCUT2D eigenvalue weighted by Gasteiger charge is -2.02. The molecule has 0 aliphatic carbocycles. The zero-order valence-electron chi connectivity index (χ0n) is 10.3. The Kier molecular flexibility index (Phi) is 6.92. The minimum Gasteiger partial charge on any atom is -0.395 e. The van der Waals surface area contributed by atoms with Crippen LogP contribution in [-0.2, 0) is 0 Å². The third-order valence-corrected chi connectivity index (χ3v) is 2.67. The number of carbonyl (C=O) groups excluding carboxylic acids is 1. The van der Waals surface area contributed by atoms with Gasteiger partial charge in [0.05, 0.1) is 6.61 Å². The van der Waals surface area contributed by atoms with Crippen molar-refractivity contribution < 1.29 is 9.90 Å². The Labute approximate surface area is 111 Å². The first-order valence-corrected chi connectivity index (χ1v) is 7.00. The Morgan fingerprint density at radius 3 is 3.00 bits per heavy atom. The van der Waals surface area contributed by atoms with Gasteiger partial charge in [-0.1, -0.05) is 11.8 Å². The first-order valence-electron chi connectivity index (χ1n) is 5.61. The van der Waals surface area contributed by atoms with Crippen LogP contribution in [0.3, 0.4) is 0 Å². The third-order valence-electron chi connectivity index (χ3n) is 2.06. The lowest BCUT2D eigenvalue weighted by Crippen LogP contribution is -2.26. The van der Waals surface area contributed by atoms with Crippen LogP contribution in [0.2, 0.25) is 0 Å². The van der Waals surface area contributed by atoms with E-state index in [1.807, 2.05) is 6.26 Å². The molecular formula is C13H16N2O2S. The Balaban J connectivity index is 2.54. The molecule has 1 aromatic rings. The normalized spacial score (nSPS) is 9.44. The zero-order valence-corrected chi connectivity index (χ0v) is 11.1. The number of hydrogen-bond acceptors (Lipinski definition) is 4. The molecule has 1 rings (SSSR count). The first kappa shape index (κ1) is 14.6. The molecule has 0 unspecified atom stereocenters.